The molecule has 5 nitrogen and oxygen atoms in total. The average Bonchev–Trinajstić information content (AvgIpc) is 3.24. The highest BCUT2D eigenvalue weighted by atomic mass is 32.2. The predicted octanol–water partition coefficient (Wildman–Crippen LogP) is 5.54. The Kier molecular flexibility index (Phi) is 6.55. The highest BCUT2D eigenvalue weighted by Crippen LogP contribution is 2.37. The van der Waals surface area contributed by atoms with E-state index in [1.165, 1.54) is 35.1 Å². The largest absolute Gasteiger partial charge is 0.311 e. The molecule has 2 aromatic carbocycles. The zero-order valence-electron chi connectivity index (χ0n) is 16.4. The average molecular weight is 449 g/mol. The molecule has 0 N–H and O–H groups in total. The van der Waals surface area contributed by atoms with Gasteiger partial charge in [-0.2, -0.15) is 5.26 Å². The minimum Gasteiger partial charge on any atom is -0.311 e. The molecule has 0 unspecified atom stereocenters. The summed E-state index contributed by atoms with van der Waals surface area (Å²) in [5.41, 5.74) is 2.67. The third-order valence-electron chi connectivity index (χ3n) is 4.64. The van der Waals surface area contributed by atoms with Crippen molar-refractivity contribution in [1.29, 1.82) is 5.26 Å². The molecule has 31 heavy (non-hydrogen) atoms. The predicted molar refractivity (Wildman–Crippen MR) is 123 cm³/mol. The first-order valence-corrected chi connectivity index (χ1v) is 11.4. The molecule has 4 rings (SSSR count). The minimum atomic E-state index is -0.375. The van der Waals surface area contributed by atoms with Crippen LogP contribution in [0, 0.1) is 17.1 Å². The maximum atomic E-state index is 13.3. The van der Waals surface area contributed by atoms with E-state index >= 15 is 0 Å². The van der Waals surface area contributed by atoms with Crippen LogP contribution < -0.4 is 4.90 Å². The maximum absolute atomic E-state index is 13.3. The summed E-state index contributed by atoms with van der Waals surface area (Å²) >= 11 is 2.88. The Balaban J connectivity index is 1.59. The summed E-state index contributed by atoms with van der Waals surface area (Å²) in [4.78, 5) is 24.2. The molecule has 0 aliphatic carbocycles. The lowest BCUT2D eigenvalue weighted by molar-refractivity contribution is -0.116. The van der Waals surface area contributed by atoms with Crippen molar-refractivity contribution in [3.63, 3.8) is 0 Å². The highest BCUT2D eigenvalue weighted by Gasteiger charge is 2.19. The Morgan fingerprint density at radius 2 is 1.90 bits per heavy atom. The number of nitriles is 1. The van der Waals surface area contributed by atoms with Gasteiger partial charge in [0.2, 0.25) is 5.91 Å². The molecule has 4 aromatic rings. The minimum absolute atomic E-state index is 0.138. The fourth-order valence-electron chi connectivity index (χ4n) is 3.18. The third-order valence-corrected chi connectivity index (χ3v) is 6.50. The summed E-state index contributed by atoms with van der Waals surface area (Å²) in [5.74, 6) is -0.408. The Bertz CT molecular complexity index is 1240. The molecule has 0 bridgehead atoms. The van der Waals surface area contributed by atoms with E-state index in [-0.39, 0.29) is 30.4 Å². The molecule has 0 saturated heterocycles. The lowest BCUT2D eigenvalue weighted by Gasteiger charge is -2.21. The molecule has 0 saturated carbocycles. The van der Waals surface area contributed by atoms with Crippen molar-refractivity contribution in [3.05, 3.63) is 72.1 Å². The third kappa shape index (κ3) is 4.74. The van der Waals surface area contributed by atoms with Crippen molar-refractivity contribution >= 4 is 44.9 Å². The van der Waals surface area contributed by atoms with Crippen molar-refractivity contribution in [3.8, 4) is 17.2 Å². The van der Waals surface area contributed by atoms with Gasteiger partial charge in [-0.15, -0.1) is 11.3 Å². The fraction of sp³-hybridized carbons (Fsp3) is 0.130. The molecule has 0 aliphatic rings. The molecule has 1 amide bonds. The zero-order valence-corrected chi connectivity index (χ0v) is 18.0. The van der Waals surface area contributed by atoms with Crippen molar-refractivity contribution in [2.45, 2.75) is 11.4 Å². The van der Waals surface area contributed by atoms with Crippen LogP contribution in [0.2, 0.25) is 0 Å². The number of thiophene rings is 1. The van der Waals surface area contributed by atoms with Gasteiger partial charge in [0, 0.05) is 23.2 Å². The number of amides is 1. The summed E-state index contributed by atoms with van der Waals surface area (Å²) < 4.78 is 13.3. The topological polar surface area (TPSA) is 69.9 Å². The van der Waals surface area contributed by atoms with Crippen molar-refractivity contribution in [1.82, 2.24) is 9.97 Å². The monoisotopic (exact) mass is 448 g/mol. The molecule has 0 aliphatic heterocycles. The van der Waals surface area contributed by atoms with Crippen LogP contribution in [0.3, 0.4) is 0 Å². The van der Waals surface area contributed by atoms with E-state index in [0.29, 0.717) is 5.69 Å². The number of benzene rings is 2. The van der Waals surface area contributed by atoms with E-state index in [4.69, 9.17) is 5.26 Å². The first kappa shape index (κ1) is 21.0. The van der Waals surface area contributed by atoms with Crippen LogP contribution in [0.15, 0.2) is 71.3 Å². The van der Waals surface area contributed by atoms with Crippen LogP contribution in [0.5, 0.6) is 0 Å². The lowest BCUT2D eigenvalue weighted by atomic mass is 10.1. The molecular weight excluding hydrogens is 431 g/mol. The molecule has 154 valence electrons. The number of hydrogen-bond donors (Lipinski definition) is 0. The summed E-state index contributed by atoms with van der Waals surface area (Å²) in [7, 11) is 0. The first-order chi connectivity index (χ1) is 15.2. The quantitative estimate of drug-likeness (QED) is 0.274. The van der Waals surface area contributed by atoms with Crippen LogP contribution >= 0.6 is 23.1 Å². The van der Waals surface area contributed by atoms with Crippen molar-refractivity contribution in [2.75, 3.05) is 17.2 Å². The molecule has 2 heterocycles. The molecular formula is C23H17FN4OS2. The molecule has 0 spiro atoms. The van der Waals surface area contributed by atoms with Gasteiger partial charge in [-0.3, -0.25) is 4.79 Å². The normalized spacial score (nSPS) is 10.7. The van der Waals surface area contributed by atoms with Gasteiger partial charge >= 0.3 is 0 Å². The summed E-state index contributed by atoms with van der Waals surface area (Å²) in [6.45, 7) is 0.244. The standard InChI is InChI=1S/C23H17FN4OS2/c24-17-7-9-18(10-8-17)28(12-4-11-25)20(29)14-31-23-21-19(16-5-2-1-3-6-16)13-30-22(21)26-15-27-23/h1-3,5-10,13,15H,4,12,14H2. The van der Waals surface area contributed by atoms with Gasteiger partial charge in [-0.25, -0.2) is 14.4 Å². The Labute approximate surface area is 187 Å². The summed E-state index contributed by atoms with van der Waals surface area (Å²) in [6, 6.07) is 17.8. The van der Waals surface area contributed by atoms with Gasteiger partial charge in [-0.1, -0.05) is 42.1 Å². The number of aromatic nitrogens is 2. The van der Waals surface area contributed by atoms with Crippen molar-refractivity contribution in [2.24, 2.45) is 0 Å². The molecule has 2 aromatic heterocycles. The highest BCUT2D eigenvalue weighted by molar-refractivity contribution is 8.00. The number of hydrogen-bond acceptors (Lipinski definition) is 6. The van der Waals surface area contributed by atoms with Gasteiger partial charge in [0.15, 0.2) is 0 Å². The van der Waals surface area contributed by atoms with Crippen molar-refractivity contribution < 1.29 is 9.18 Å². The SMILES string of the molecule is N#CCCN(C(=O)CSc1ncnc2scc(-c3ccccc3)c12)c1ccc(F)cc1. The smallest absolute Gasteiger partial charge is 0.237 e. The van der Waals surface area contributed by atoms with Gasteiger partial charge in [-0.05, 0) is 29.8 Å². The first-order valence-electron chi connectivity index (χ1n) is 9.50. The van der Waals surface area contributed by atoms with Gasteiger partial charge in [0.05, 0.1) is 23.6 Å². The molecule has 0 atom stereocenters. The number of rotatable bonds is 7. The molecule has 0 radical (unpaired) electrons. The van der Waals surface area contributed by atoms with E-state index in [2.05, 4.69) is 21.4 Å². The molecule has 8 heteroatoms. The fourth-order valence-corrected chi connectivity index (χ4v) is 5.05. The van der Waals surface area contributed by atoms with Gasteiger partial charge in [0.25, 0.3) is 0 Å². The number of thioether (sulfide) groups is 1. The maximum Gasteiger partial charge on any atom is 0.237 e. The van der Waals surface area contributed by atoms with Crippen LogP contribution in [0.4, 0.5) is 10.1 Å². The number of nitrogens with zero attached hydrogens (tertiary/aromatic N) is 4. The second-order valence-corrected chi connectivity index (χ2v) is 8.42. The summed E-state index contributed by atoms with van der Waals surface area (Å²) in [6.07, 6.45) is 1.70. The van der Waals surface area contributed by atoms with Crippen LogP contribution in [-0.4, -0.2) is 28.2 Å². The van der Waals surface area contributed by atoms with Gasteiger partial charge < -0.3 is 4.90 Å². The van der Waals surface area contributed by atoms with Crippen LogP contribution in [-0.2, 0) is 4.79 Å². The number of carbonyl (C=O) groups excluding carboxylic acids is 1. The van der Waals surface area contributed by atoms with E-state index in [1.54, 1.807) is 23.5 Å². The van der Waals surface area contributed by atoms with E-state index in [0.717, 1.165) is 26.4 Å². The Morgan fingerprint density at radius 1 is 1.13 bits per heavy atom. The van der Waals surface area contributed by atoms with E-state index in [1.807, 2.05) is 30.3 Å². The summed E-state index contributed by atoms with van der Waals surface area (Å²) in [5, 5.41) is 12.7. The lowest BCUT2D eigenvalue weighted by Crippen LogP contribution is -2.33. The van der Waals surface area contributed by atoms with Crippen LogP contribution in [0.25, 0.3) is 21.3 Å². The van der Waals surface area contributed by atoms with Gasteiger partial charge in [0.1, 0.15) is 22.0 Å². The van der Waals surface area contributed by atoms with E-state index < -0.39 is 0 Å². The number of carbonyl (C=O) groups is 1. The second-order valence-electron chi connectivity index (χ2n) is 6.59. The number of anilines is 1. The zero-order chi connectivity index (χ0) is 21.6. The number of fused-ring (bicyclic) bond motifs is 1. The second kappa shape index (κ2) is 9.69. The Hall–Kier alpha value is -3.28. The Morgan fingerprint density at radius 3 is 2.65 bits per heavy atom. The van der Waals surface area contributed by atoms with Crippen LogP contribution in [0.1, 0.15) is 6.42 Å². The van der Waals surface area contributed by atoms with E-state index in [9.17, 15) is 9.18 Å². The number of halogens is 1. The molecule has 0 fully saturated rings.